The van der Waals surface area contributed by atoms with Crippen LogP contribution in [0.5, 0.6) is 0 Å². The van der Waals surface area contributed by atoms with Gasteiger partial charge in [0.05, 0.1) is 11.8 Å². The standard InChI is InChI=1S/C17H30N4O2/c1-6-23-14-11-17(18,16(14,4)5)15(22)19-8-7-9-21-13(3)10-12(2)20-21/h10,14H,6-9,11,18H2,1-5H3,(H,19,22). The summed E-state index contributed by atoms with van der Waals surface area (Å²) in [6.45, 7) is 12.0. The van der Waals surface area contributed by atoms with Crippen molar-refractivity contribution < 1.29 is 9.53 Å². The molecule has 0 aromatic carbocycles. The molecule has 0 bridgehead atoms. The van der Waals surface area contributed by atoms with Crippen LogP contribution in [-0.2, 0) is 16.1 Å². The summed E-state index contributed by atoms with van der Waals surface area (Å²) in [5.74, 6) is -0.0770. The maximum atomic E-state index is 12.5. The third-order valence-electron chi connectivity index (χ3n) is 5.17. The number of aromatic nitrogens is 2. The lowest BCUT2D eigenvalue weighted by molar-refractivity contribution is -0.170. The van der Waals surface area contributed by atoms with Gasteiger partial charge in [-0.1, -0.05) is 13.8 Å². The third kappa shape index (κ3) is 3.28. The molecule has 0 saturated heterocycles. The van der Waals surface area contributed by atoms with Crippen LogP contribution in [0.25, 0.3) is 0 Å². The number of ether oxygens (including phenoxy) is 1. The van der Waals surface area contributed by atoms with Gasteiger partial charge in [0.2, 0.25) is 5.91 Å². The minimum atomic E-state index is -0.842. The van der Waals surface area contributed by atoms with Gasteiger partial charge in [-0.2, -0.15) is 5.10 Å². The monoisotopic (exact) mass is 322 g/mol. The molecule has 0 aliphatic heterocycles. The zero-order valence-corrected chi connectivity index (χ0v) is 15.0. The molecule has 1 aliphatic rings. The molecule has 1 aromatic heterocycles. The molecule has 1 aromatic rings. The Labute approximate surface area is 138 Å². The molecule has 6 heteroatoms. The van der Waals surface area contributed by atoms with Crippen LogP contribution in [0.2, 0.25) is 0 Å². The Morgan fingerprint density at radius 3 is 2.74 bits per heavy atom. The molecule has 1 fully saturated rings. The number of rotatable bonds is 7. The first-order chi connectivity index (χ1) is 10.7. The van der Waals surface area contributed by atoms with Gasteiger partial charge >= 0.3 is 0 Å². The molecule has 2 atom stereocenters. The minimum Gasteiger partial charge on any atom is -0.378 e. The van der Waals surface area contributed by atoms with Crippen molar-refractivity contribution in [2.45, 2.75) is 65.6 Å². The summed E-state index contributed by atoms with van der Waals surface area (Å²) in [6, 6.07) is 2.05. The molecule has 130 valence electrons. The first-order valence-corrected chi connectivity index (χ1v) is 8.42. The molecule has 1 amide bonds. The van der Waals surface area contributed by atoms with E-state index in [0.717, 1.165) is 24.4 Å². The van der Waals surface area contributed by atoms with Crippen LogP contribution in [0.15, 0.2) is 6.07 Å². The summed E-state index contributed by atoms with van der Waals surface area (Å²) in [6.07, 6.45) is 1.47. The van der Waals surface area contributed by atoms with Crippen LogP contribution in [0.4, 0.5) is 0 Å². The van der Waals surface area contributed by atoms with Crippen LogP contribution in [0, 0.1) is 19.3 Å². The van der Waals surface area contributed by atoms with E-state index in [2.05, 4.69) is 16.5 Å². The maximum Gasteiger partial charge on any atom is 0.240 e. The molecule has 2 unspecified atom stereocenters. The number of nitrogens with two attached hydrogens (primary N) is 1. The second kappa shape index (κ2) is 6.61. The highest BCUT2D eigenvalue weighted by Gasteiger charge is 2.62. The average Bonchev–Trinajstić information content (AvgIpc) is 2.80. The Bertz CT molecular complexity index is 567. The van der Waals surface area contributed by atoms with Crippen molar-refractivity contribution in [2.24, 2.45) is 11.1 Å². The van der Waals surface area contributed by atoms with E-state index in [4.69, 9.17) is 10.5 Å². The first-order valence-electron chi connectivity index (χ1n) is 8.42. The molecule has 0 radical (unpaired) electrons. The third-order valence-corrected chi connectivity index (χ3v) is 5.17. The lowest BCUT2D eigenvalue weighted by Crippen LogP contribution is -2.75. The van der Waals surface area contributed by atoms with Crippen LogP contribution in [0.1, 0.15) is 45.0 Å². The van der Waals surface area contributed by atoms with E-state index in [1.165, 1.54) is 0 Å². The fourth-order valence-electron chi connectivity index (χ4n) is 3.31. The van der Waals surface area contributed by atoms with E-state index in [1.807, 2.05) is 39.3 Å². The number of nitrogens with zero attached hydrogens (tertiary/aromatic N) is 2. The smallest absolute Gasteiger partial charge is 0.240 e. The number of carbonyl (C=O) groups excluding carboxylic acids is 1. The molecular formula is C17H30N4O2. The van der Waals surface area contributed by atoms with Crippen molar-refractivity contribution in [3.63, 3.8) is 0 Å². The van der Waals surface area contributed by atoms with Gasteiger partial charge in [0.25, 0.3) is 0 Å². The highest BCUT2D eigenvalue weighted by Crippen LogP contribution is 2.49. The summed E-state index contributed by atoms with van der Waals surface area (Å²) in [4.78, 5) is 12.5. The van der Waals surface area contributed by atoms with E-state index in [-0.39, 0.29) is 17.4 Å². The Kier molecular flexibility index (Phi) is 5.16. The van der Waals surface area contributed by atoms with Crippen molar-refractivity contribution in [1.29, 1.82) is 0 Å². The molecule has 23 heavy (non-hydrogen) atoms. The molecule has 1 aliphatic carbocycles. The van der Waals surface area contributed by atoms with Gasteiger partial charge in [0.1, 0.15) is 5.54 Å². The van der Waals surface area contributed by atoms with Crippen molar-refractivity contribution >= 4 is 5.91 Å². The Balaban J connectivity index is 1.80. The molecule has 1 heterocycles. The molecule has 2 rings (SSSR count). The van der Waals surface area contributed by atoms with Crippen molar-refractivity contribution in [1.82, 2.24) is 15.1 Å². The van der Waals surface area contributed by atoms with Crippen molar-refractivity contribution in [3.05, 3.63) is 17.5 Å². The van der Waals surface area contributed by atoms with E-state index in [0.29, 0.717) is 19.6 Å². The van der Waals surface area contributed by atoms with Gasteiger partial charge in [-0.15, -0.1) is 0 Å². The molecule has 1 saturated carbocycles. The number of carbonyl (C=O) groups is 1. The average molecular weight is 322 g/mol. The second-order valence-corrected chi connectivity index (χ2v) is 7.10. The van der Waals surface area contributed by atoms with Gasteiger partial charge in [0, 0.05) is 37.2 Å². The van der Waals surface area contributed by atoms with Crippen LogP contribution >= 0.6 is 0 Å². The second-order valence-electron chi connectivity index (χ2n) is 7.10. The fourth-order valence-corrected chi connectivity index (χ4v) is 3.31. The van der Waals surface area contributed by atoms with Gasteiger partial charge < -0.3 is 15.8 Å². The molecule has 6 nitrogen and oxygen atoms in total. The number of hydrogen-bond acceptors (Lipinski definition) is 4. The summed E-state index contributed by atoms with van der Waals surface area (Å²) in [7, 11) is 0. The number of aryl methyl sites for hydroxylation is 3. The maximum absolute atomic E-state index is 12.5. The van der Waals surface area contributed by atoms with Crippen LogP contribution < -0.4 is 11.1 Å². The lowest BCUT2D eigenvalue weighted by atomic mass is 9.54. The quantitative estimate of drug-likeness (QED) is 0.746. The van der Waals surface area contributed by atoms with E-state index in [9.17, 15) is 4.79 Å². The normalized spacial score (nSPS) is 25.9. The molecule has 0 spiro atoms. The van der Waals surface area contributed by atoms with E-state index >= 15 is 0 Å². The van der Waals surface area contributed by atoms with Gasteiger partial charge in [-0.05, 0) is 33.3 Å². The minimum absolute atomic E-state index is 0.0537. The Hall–Kier alpha value is -1.40. The predicted octanol–water partition coefficient (Wildman–Crippen LogP) is 1.54. The number of hydrogen-bond donors (Lipinski definition) is 2. The topological polar surface area (TPSA) is 82.2 Å². The SMILES string of the molecule is CCOC1CC(N)(C(=O)NCCCn2nc(C)cc2C)C1(C)C. The predicted molar refractivity (Wildman–Crippen MR) is 90.1 cm³/mol. The van der Waals surface area contributed by atoms with Gasteiger partial charge in [0.15, 0.2) is 0 Å². The first kappa shape index (κ1) is 17.9. The van der Waals surface area contributed by atoms with Crippen molar-refractivity contribution in [3.8, 4) is 0 Å². The summed E-state index contributed by atoms with van der Waals surface area (Å²) < 4.78 is 7.64. The van der Waals surface area contributed by atoms with Crippen LogP contribution in [0.3, 0.4) is 0 Å². The summed E-state index contributed by atoms with van der Waals surface area (Å²) >= 11 is 0. The zero-order valence-electron chi connectivity index (χ0n) is 15.0. The van der Waals surface area contributed by atoms with E-state index < -0.39 is 5.54 Å². The van der Waals surface area contributed by atoms with E-state index in [1.54, 1.807) is 0 Å². The van der Waals surface area contributed by atoms with Crippen LogP contribution in [-0.4, -0.2) is 40.5 Å². The number of nitrogens with one attached hydrogen (secondary N) is 1. The largest absolute Gasteiger partial charge is 0.378 e. The zero-order chi connectivity index (χ0) is 17.3. The van der Waals surface area contributed by atoms with Gasteiger partial charge in [-0.3, -0.25) is 9.48 Å². The van der Waals surface area contributed by atoms with Gasteiger partial charge in [-0.25, -0.2) is 0 Å². The lowest BCUT2D eigenvalue weighted by Gasteiger charge is -2.57. The number of amides is 1. The Morgan fingerprint density at radius 2 is 2.22 bits per heavy atom. The Morgan fingerprint density at radius 1 is 1.52 bits per heavy atom. The summed E-state index contributed by atoms with van der Waals surface area (Å²) in [5, 5.41) is 7.40. The fraction of sp³-hybridized carbons (Fsp3) is 0.765. The highest BCUT2D eigenvalue weighted by atomic mass is 16.5. The van der Waals surface area contributed by atoms with Crippen molar-refractivity contribution in [2.75, 3.05) is 13.2 Å². The molecule has 3 N–H and O–H groups in total. The highest BCUT2D eigenvalue weighted by molar-refractivity contribution is 5.88. The molecular weight excluding hydrogens is 292 g/mol. The summed E-state index contributed by atoms with van der Waals surface area (Å²) in [5.41, 5.74) is 7.33.